The van der Waals surface area contributed by atoms with E-state index in [-0.39, 0.29) is 17.5 Å². The van der Waals surface area contributed by atoms with Gasteiger partial charge >= 0.3 is 0 Å². The number of halogens is 2. The van der Waals surface area contributed by atoms with Crippen LogP contribution in [-0.2, 0) is 11.3 Å². The van der Waals surface area contributed by atoms with E-state index in [9.17, 15) is 9.18 Å². The summed E-state index contributed by atoms with van der Waals surface area (Å²) in [5.74, 6) is -0.199. The standard InChI is InChI=1S/C19H13ClFN3OS2/c20-12-4-1-3-11(7-12)8-22-15(25)9-26-19-18-17(23-10-24-19)16-13(21)5-2-6-14(16)27-18/h1-7,10H,8-9H2,(H,22,25). The summed E-state index contributed by atoms with van der Waals surface area (Å²) < 4.78 is 15.8. The van der Waals surface area contributed by atoms with Crippen molar-refractivity contribution >= 4 is 60.9 Å². The minimum atomic E-state index is -0.298. The summed E-state index contributed by atoms with van der Waals surface area (Å²) in [7, 11) is 0. The van der Waals surface area contributed by atoms with Crippen LogP contribution in [0.25, 0.3) is 20.3 Å². The number of hydrogen-bond donors (Lipinski definition) is 1. The van der Waals surface area contributed by atoms with E-state index < -0.39 is 0 Å². The number of rotatable bonds is 5. The van der Waals surface area contributed by atoms with E-state index >= 15 is 0 Å². The fourth-order valence-electron chi connectivity index (χ4n) is 2.69. The molecule has 0 fully saturated rings. The van der Waals surface area contributed by atoms with Crippen LogP contribution in [0.15, 0.2) is 53.8 Å². The molecule has 0 aliphatic heterocycles. The van der Waals surface area contributed by atoms with Crippen LogP contribution in [0.4, 0.5) is 4.39 Å². The van der Waals surface area contributed by atoms with Crippen molar-refractivity contribution in [2.24, 2.45) is 0 Å². The molecule has 4 aromatic rings. The minimum Gasteiger partial charge on any atom is -0.351 e. The van der Waals surface area contributed by atoms with Crippen LogP contribution < -0.4 is 5.32 Å². The highest BCUT2D eigenvalue weighted by Crippen LogP contribution is 2.38. The Morgan fingerprint density at radius 1 is 1.22 bits per heavy atom. The zero-order valence-electron chi connectivity index (χ0n) is 13.9. The topological polar surface area (TPSA) is 54.9 Å². The van der Waals surface area contributed by atoms with Crippen molar-refractivity contribution in [1.29, 1.82) is 0 Å². The number of nitrogens with zero attached hydrogens (tertiary/aromatic N) is 2. The first-order valence-electron chi connectivity index (χ1n) is 8.07. The van der Waals surface area contributed by atoms with Crippen molar-refractivity contribution in [3.05, 3.63) is 65.2 Å². The largest absolute Gasteiger partial charge is 0.351 e. The first-order valence-corrected chi connectivity index (χ1v) is 10.3. The molecule has 2 aromatic carbocycles. The molecule has 27 heavy (non-hydrogen) atoms. The number of thioether (sulfide) groups is 1. The van der Waals surface area contributed by atoms with Crippen LogP contribution >= 0.6 is 34.7 Å². The van der Waals surface area contributed by atoms with Gasteiger partial charge in [-0.05, 0) is 29.8 Å². The van der Waals surface area contributed by atoms with Gasteiger partial charge in [0.05, 0.1) is 21.4 Å². The molecule has 0 saturated heterocycles. The molecular formula is C19H13ClFN3OS2. The summed E-state index contributed by atoms with van der Waals surface area (Å²) in [5.41, 5.74) is 1.52. The van der Waals surface area contributed by atoms with Crippen LogP contribution in [-0.4, -0.2) is 21.6 Å². The highest BCUT2D eigenvalue weighted by Gasteiger charge is 2.15. The normalized spacial score (nSPS) is 11.2. The lowest BCUT2D eigenvalue weighted by Crippen LogP contribution is -2.24. The molecule has 0 saturated carbocycles. The fraction of sp³-hybridized carbons (Fsp3) is 0.105. The molecule has 0 aliphatic carbocycles. The molecule has 4 nitrogen and oxygen atoms in total. The molecule has 1 N–H and O–H groups in total. The van der Waals surface area contributed by atoms with Crippen LogP contribution in [0.2, 0.25) is 5.02 Å². The van der Waals surface area contributed by atoms with Crippen LogP contribution in [0, 0.1) is 5.82 Å². The number of carbonyl (C=O) groups excluding carboxylic acids is 1. The Morgan fingerprint density at radius 3 is 2.93 bits per heavy atom. The van der Waals surface area contributed by atoms with Gasteiger partial charge in [0.1, 0.15) is 17.2 Å². The Labute approximate surface area is 167 Å². The molecular weight excluding hydrogens is 405 g/mol. The molecule has 0 aliphatic rings. The molecule has 4 rings (SSSR count). The van der Waals surface area contributed by atoms with Gasteiger partial charge in [0.25, 0.3) is 0 Å². The summed E-state index contributed by atoms with van der Waals surface area (Å²) in [4.78, 5) is 20.7. The van der Waals surface area contributed by atoms with Crippen LogP contribution in [0.1, 0.15) is 5.56 Å². The van der Waals surface area contributed by atoms with Crippen molar-refractivity contribution in [2.45, 2.75) is 11.6 Å². The van der Waals surface area contributed by atoms with E-state index in [1.807, 2.05) is 24.3 Å². The van der Waals surface area contributed by atoms with Crippen LogP contribution in [0.3, 0.4) is 0 Å². The summed E-state index contributed by atoms with van der Waals surface area (Å²) in [6.07, 6.45) is 1.41. The van der Waals surface area contributed by atoms with Crippen molar-refractivity contribution in [3.8, 4) is 0 Å². The Bertz CT molecular complexity index is 1150. The van der Waals surface area contributed by atoms with Crippen molar-refractivity contribution in [3.63, 3.8) is 0 Å². The molecule has 136 valence electrons. The second-order valence-electron chi connectivity index (χ2n) is 5.77. The minimum absolute atomic E-state index is 0.112. The van der Waals surface area contributed by atoms with Crippen molar-refractivity contribution in [1.82, 2.24) is 15.3 Å². The highest BCUT2D eigenvalue weighted by molar-refractivity contribution is 8.00. The Morgan fingerprint density at radius 2 is 2.07 bits per heavy atom. The van der Waals surface area contributed by atoms with E-state index in [1.54, 1.807) is 12.1 Å². The Hall–Kier alpha value is -2.22. The molecule has 2 aromatic heterocycles. The second kappa shape index (κ2) is 7.80. The Balaban J connectivity index is 1.48. The second-order valence-corrected chi connectivity index (χ2v) is 8.22. The SMILES string of the molecule is O=C(CSc1ncnc2c1sc1cccc(F)c12)NCc1cccc(Cl)c1. The quantitative estimate of drug-likeness (QED) is 0.365. The smallest absolute Gasteiger partial charge is 0.230 e. The van der Waals surface area contributed by atoms with Gasteiger partial charge in [0, 0.05) is 16.3 Å². The first-order chi connectivity index (χ1) is 13.1. The number of aromatic nitrogens is 2. The lowest BCUT2D eigenvalue weighted by atomic mass is 10.2. The lowest BCUT2D eigenvalue weighted by molar-refractivity contribution is -0.118. The van der Waals surface area contributed by atoms with E-state index in [2.05, 4.69) is 15.3 Å². The monoisotopic (exact) mass is 417 g/mol. The number of carbonyl (C=O) groups is 1. The summed E-state index contributed by atoms with van der Waals surface area (Å²) in [5, 5.41) is 4.68. The van der Waals surface area contributed by atoms with Gasteiger partial charge < -0.3 is 5.32 Å². The number of hydrogen-bond acceptors (Lipinski definition) is 5. The van der Waals surface area contributed by atoms with E-state index in [4.69, 9.17) is 11.6 Å². The molecule has 1 amide bonds. The number of amides is 1. The number of nitrogens with one attached hydrogen (secondary N) is 1. The molecule has 0 atom stereocenters. The molecule has 0 bridgehead atoms. The summed E-state index contributed by atoms with van der Waals surface area (Å²) >= 11 is 8.69. The maximum atomic E-state index is 14.2. The third-order valence-corrected chi connectivity index (χ3v) is 6.42. The highest BCUT2D eigenvalue weighted by atomic mass is 35.5. The zero-order chi connectivity index (χ0) is 18.8. The average molecular weight is 418 g/mol. The molecule has 2 heterocycles. The van der Waals surface area contributed by atoms with Gasteiger partial charge in [0.15, 0.2) is 0 Å². The maximum Gasteiger partial charge on any atom is 0.230 e. The van der Waals surface area contributed by atoms with Gasteiger partial charge in [-0.25, -0.2) is 14.4 Å². The van der Waals surface area contributed by atoms with E-state index in [0.29, 0.717) is 27.5 Å². The van der Waals surface area contributed by atoms with E-state index in [0.717, 1.165) is 15.0 Å². The fourth-order valence-corrected chi connectivity index (χ4v) is 4.98. The molecule has 0 radical (unpaired) electrons. The summed E-state index contributed by atoms with van der Waals surface area (Å²) in [6.45, 7) is 0.410. The van der Waals surface area contributed by atoms with Gasteiger partial charge in [-0.1, -0.05) is 41.6 Å². The van der Waals surface area contributed by atoms with E-state index in [1.165, 1.54) is 35.5 Å². The van der Waals surface area contributed by atoms with Gasteiger partial charge in [-0.3, -0.25) is 4.79 Å². The Kier molecular flexibility index (Phi) is 5.24. The maximum absolute atomic E-state index is 14.2. The zero-order valence-corrected chi connectivity index (χ0v) is 16.3. The van der Waals surface area contributed by atoms with Crippen molar-refractivity contribution in [2.75, 3.05) is 5.75 Å². The lowest BCUT2D eigenvalue weighted by Gasteiger charge is -2.06. The first kappa shape index (κ1) is 18.2. The van der Waals surface area contributed by atoms with Gasteiger partial charge in [-0.2, -0.15) is 0 Å². The third kappa shape index (κ3) is 3.90. The molecule has 8 heteroatoms. The van der Waals surface area contributed by atoms with Gasteiger partial charge in [0.2, 0.25) is 5.91 Å². The number of thiophene rings is 1. The van der Waals surface area contributed by atoms with Crippen LogP contribution in [0.5, 0.6) is 0 Å². The van der Waals surface area contributed by atoms with Crippen molar-refractivity contribution < 1.29 is 9.18 Å². The predicted octanol–water partition coefficient (Wildman–Crippen LogP) is 5.05. The molecule has 0 spiro atoms. The summed E-state index contributed by atoms with van der Waals surface area (Å²) in [6, 6.07) is 12.3. The number of benzene rings is 2. The molecule has 0 unspecified atom stereocenters. The average Bonchev–Trinajstić information content (AvgIpc) is 3.05. The van der Waals surface area contributed by atoms with Gasteiger partial charge in [-0.15, -0.1) is 11.3 Å². The predicted molar refractivity (Wildman–Crippen MR) is 109 cm³/mol. The third-order valence-electron chi connectivity index (χ3n) is 3.91. The number of fused-ring (bicyclic) bond motifs is 3.